The third-order valence-corrected chi connectivity index (χ3v) is 3.52. The molecule has 0 unspecified atom stereocenters. The van der Waals surface area contributed by atoms with Gasteiger partial charge in [-0.2, -0.15) is 0 Å². The van der Waals surface area contributed by atoms with Crippen LogP contribution in [-0.4, -0.2) is 35.7 Å². The molecule has 2 rings (SSSR count). The topological polar surface area (TPSA) is 77.5 Å². The van der Waals surface area contributed by atoms with E-state index in [9.17, 15) is 9.59 Å². The number of nitrogens with one attached hydrogen (secondary N) is 1. The van der Waals surface area contributed by atoms with Gasteiger partial charge in [0.1, 0.15) is 11.6 Å². The van der Waals surface area contributed by atoms with E-state index < -0.39 is 17.6 Å². The Morgan fingerprint density at radius 3 is 2.60 bits per heavy atom. The Morgan fingerprint density at radius 1 is 1.20 bits per heavy atom. The number of pyridine rings is 1. The quantitative estimate of drug-likeness (QED) is 0.810. The van der Waals surface area contributed by atoms with Crippen LogP contribution in [0.5, 0.6) is 0 Å². The molecule has 134 valence electrons. The normalized spacial score (nSPS) is 12.5. The maximum absolute atomic E-state index is 12.5. The van der Waals surface area contributed by atoms with E-state index in [1.807, 2.05) is 51.1 Å². The van der Waals surface area contributed by atoms with Gasteiger partial charge >= 0.3 is 11.9 Å². The van der Waals surface area contributed by atoms with Gasteiger partial charge < -0.3 is 14.8 Å². The fourth-order valence-electron chi connectivity index (χ4n) is 2.39. The lowest BCUT2D eigenvalue weighted by molar-refractivity contribution is -0.156. The van der Waals surface area contributed by atoms with Gasteiger partial charge in [0.05, 0.1) is 18.3 Å². The average Bonchev–Trinajstić information content (AvgIpc) is 2.56. The number of ether oxygens (including phenoxy) is 2. The first-order valence-corrected chi connectivity index (χ1v) is 8.20. The van der Waals surface area contributed by atoms with Crippen LogP contribution in [0.1, 0.15) is 33.6 Å². The number of nitrogens with zero attached hydrogens (tertiary/aromatic N) is 1. The Morgan fingerprint density at radius 2 is 1.92 bits per heavy atom. The molecule has 0 saturated heterocycles. The van der Waals surface area contributed by atoms with E-state index in [1.54, 1.807) is 6.20 Å². The summed E-state index contributed by atoms with van der Waals surface area (Å²) in [5.41, 5.74) is 0.870. The molecular weight excluding hydrogens is 320 g/mol. The van der Waals surface area contributed by atoms with E-state index >= 15 is 0 Å². The van der Waals surface area contributed by atoms with Gasteiger partial charge in [-0.25, -0.2) is 4.79 Å². The van der Waals surface area contributed by atoms with Crippen molar-refractivity contribution in [2.75, 3.05) is 12.4 Å². The molecular formula is C19H24N2O4. The van der Waals surface area contributed by atoms with Crippen molar-refractivity contribution in [2.45, 2.75) is 45.3 Å². The van der Waals surface area contributed by atoms with Gasteiger partial charge in [0.15, 0.2) is 0 Å². The van der Waals surface area contributed by atoms with E-state index in [4.69, 9.17) is 4.74 Å². The van der Waals surface area contributed by atoms with Gasteiger partial charge in [0.2, 0.25) is 0 Å². The van der Waals surface area contributed by atoms with Crippen molar-refractivity contribution in [3.8, 4) is 0 Å². The van der Waals surface area contributed by atoms with Crippen LogP contribution in [0, 0.1) is 0 Å². The molecule has 6 nitrogen and oxygen atoms in total. The first-order chi connectivity index (χ1) is 11.8. The van der Waals surface area contributed by atoms with Crippen LogP contribution in [-0.2, 0) is 19.1 Å². The second-order valence-electron chi connectivity index (χ2n) is 6.73. The van der Waals surface area contributed by atoms with E-state index in [2.05, 4.69) is 15.0 Å². The van der Waals surface area contributed by atoms with Gasteiger partial charge in [0.25, 0.3) is 0 Å². The molecule has 0 fully saturated rings. The predicted molar refractivity (Wildman–Crippen MR) is 96.2 cm³/mol. The van der Waals surface area contributed by atoms with E-state index in [1.165, 1.54) is 7.11 Å². The second kappa shape index (κ2) is 7.96. The molecule has 0 aliphatic carbocycles. The summed E-state index contributed by atoms with van der Waals surface area (Å²) in [7, 11) is 1.33. The minimum Gasteiger partial charge on any atom is -0.469 e. The lowest BCUT2D eigenvalue weighted by Gasteiger charge is -2.25. The zero-order valence-electron chi connectivity index (χ0n) is 15.0. The van der Waals surface area contributed by atoms with Gasteiger partial charge in [-0.15, -0.1) is 0 Å². The Balaban J connectivity index is 2.24. The molecule has 0 spiro atoms. The highest BCUT2D eigenvalue weighted by Crippen LogP contribution is 2.23. The number of carbonyl (C=O) groups excluding carboxylic acids is 2. The highest BCUT2D eigenvalue weighted by molar-refractivity contribution is 5.92. The van der Waals surface area contributed by atoms with Gasteiger partial charge in [0, 0.05) is 18.0 Å². The SMILES string of the molecule is COC(=O)CC[C@@H](Nc1cccc2cccnc12)C(=O)OC(C)(C)C. The summed E-state index contributed by atoms with van der Waals surface area (Å²) in [5.74, 6) is -0.782. The minimum absolute atomic E-state index is 0.117. The van der Waals surface area contributed by atoms with Crippen molar-refractivity contribution in [2.24, 2.45) is 0 Å². The summed E-state index contributed by atoms with van der Waals surface area (Å²) in [6.45, 7) is 5.42. The Bertz CT molecular complexity index is 747. The van der Waals surface area contributed by atoms with Gasteiger partial charge in [-0.05, 0) is 39.3 Å². The average molecular weight is 344 g/mol. The summed E-state index contributed by atoms with van der Waals surface area (Å²) in [6, 6.07) is 8.82. The Kier molecular flexibility index (Phi) is 5.96. The van der Waals surface area contributed by atoms with Crippen LogP contribution in [0.3, 0.4) is 0 Å². The molecule has 0 aliphatic heterocycles. The van der Waals surface area contributed by atoms with Crippen LogP contribution >= 0.6 is 0 Å². The molecule has 0 saturated carbocycles. The number of carbonyl (C=O) groups is 2. The Hall–Kier alpha value is -2.63. The fraction of sp³-hybridized carbons (Fsp3) is 0.421. The van der Waals surface area contributed by atoms with Crippen molar-refractivity contribution in [1.29, 1.82) is 0 Å². The molecule has 0 bridgehead atoms. The van der Waals surface area contributed by atoms with Crippen molar-refractivity contribution in [3.05, 3.63) is 36.5 Å². The number of para-hydroxylation sites is 1. The smallest absolute Gasteiger partial charge is 0.329 e. The number of hydrogen-bond donors (Lipinski definition) is 1. The molecule has 1 heterocycles. The third-order valence-electron chi connectivity index (χ3n) is 3.52. The molecule has 2 aromatic rings. The number of aromatic nitrogens is 1. The second-order valence-corrected chi connectivity index (χ2v) is 6.73. The zero-order valence-corrected chi connectivity index (χ0v) is 15.0. The number of methoxy groups -OCH3 is 1. The molecule has 1 N–H and O–H groups in total. The minimum atomic E-state index is -0.675. The number of benzene rings is 1. The van der Waals surface area contributed by atoms with Crippen molar-refractivity contribution in [3.63, 3.8) is 0 Å². The molecule has 1 aromatic heterocycles. The molecule has 0 amide bonds. The monoisotopic (exact) mass is 344 g/mol. The highest BCUT2D eigenvalue weighted by Gasteiger charge is 2.26. The zero-order chi connectivity index (χ0) is 18.4. The standard InChI is InChI=1S/C19H24N2O4/c1-19(2,3)25-18(23)15(10-11-16(22)24-4)21-14-9-5-7-13-8-6-12-20-17(13)14/h5-9,12,15,21H,10-11H2,1-4H3/t15-/m1/s1. The summed E-state index contributed by atoms with van der Waals surface area (Å²) in [4.78, 5) is 28.4. The number of esters is 2. The molecule has 6 heteroatoms. The van der Waals surface area contributed by atoms with Crippen molar-refractivity contribution < 1.29 is 19.1 Å². The van der Waals surface area contributed by atoms with Crippen LogP contribution in [0.2, 0.25) is 0 Å². The first kappa shape index (κ1) is 18.7. The molecule has 25 heavy (non-hydrogen) atoms. The lowest BCUT2D eigenvalue weighted by Crippen LogP contribution is -2.37. The number of hydrogen-bond acceptors (Lipinski definition) is 6. The van der Waals surface area contributed by atoms with Crippen LogP contribution in [0.25, 0.3) is 10.9 Å². The highest BCUT2D eigenvalue weighted by atomic mass is 16.6. The van der Waals surface area contributed by atoms with Crippen LogP contribution in [0.4, 0.5) is 5.69 Å². The van der Waals surface area contributed by atoms with E-state index in [0.29, 0.717) is 0 Å². The maximum Gasteiger partial charge on any atom is 0.329 e. The number of anilines is 1. The summed E-state index contributed by atoms with van der Waals surface area (Å²) >= 11 is 0. The van der Waals surface area contributed by atoms with E-state index in [0.717, 1.165) is 16.6 Å². The molecule has 1 aromatic carbocycles. The number of fused-ring (bicyclic) bond motifs is 1. The fourth-order valence-corrected chi connectivity index (χ4v) is 2.39. The molecule has 0 aliphatic rings. The van der Waals surface area contributed by atoms with Crippen molar-refractivity contribution >= 4 is 28.5 Å². The molecule has 1 atom stereocenters. The summed E-state index contributed by atoms with van der Waals surface area (Å²) in [5, 5.41) is 4.14. The summed E-state index contributed by atoms with van der Waals surface area (Å²) < 4.78 is 10.1. The lowest BCUT2D eigenvalue weighted by atomic mass is 10.1. The summed E-state index contributed by atoms with van der Waals surface area (Å²) in [6.07, 6.45) is 2.08. The predicted octanol–water partition coefficient (Wildman–Crippen LogP) is 3.31. The van der Waals surface area contributed by atoms with Gasteiger partial charge in [-0.1, -0.05) is 18.2 Å². The Labute approximate surface area is 147 Å². The largest absolute Gasteiger partial charge is 0.469 e. The maximum atomic E-state index is 12.5. The number of rotatable bonds is 6. The third kappa shape index (κ3) is 5.45. The van der Waals surface area contributed by atoms with Crippen molar-refractivity contribution in [1.82, 2.24) is 4.98 Å². The molecule has 0 radical (unpaired) electrons. The van der Waals surface area contributed by atoms with Crippen LogP contribution < -0.4 is 5.32 Å². The van der Waals surface area contributed by atoms with E-state index in [-0.39, 0.29) is 18.8 Å². The first-order valence-electron chi connectivity index (χ1n) is 8.20. The van der Waals surface area contributed by atoms with Crippen LogP contribution in [0.15, 0.2) is 36.5 Å². The van der Waals surface area contributed by atoms with Gasteiger partial charge in [-0.3, -0.25) is 9.78 Å².